The van der Waals surface area contributed by atoms with E-state index in [4.69, 9.17) is 9.51 Å². The van der Waals surface area contributed by atoms with E-state index in [1.54, 1.807) is 11.9 Å². The highest BCUT2D eigenvalue weighted by Crippen LogP contribution is 2.33. The first-order chi connectivity index (χ1) is 18.6. The molecule has 192 valence electrons. The Kier molecular flexibility index (Phi) is 6.64. The Balaban J connectivity index is 1.40. The first-order valence-corrected chi connectivity index (χ1v) is 13.8. The molecule has 0 amide bonds. The molecule has 0 radical (unpaired) electrons. The van der Waals surface area contributed by atoms with Crippen molar-refractivity contribution in [3.8, 4) is 5.69 Å². The number of fused-ring (bicyclic) bond motifs is 2. The van der Waals surface area contributed by atoms with Crippen LogP contribution in [0.3, 0.4) is 0 Å². The van der Waals surface area contributed by atoms with Crippen LogP contribution in [0.25, 0.3) is 27.6 Å². The highest BCUT2D eigenvalue weighted by Gasteiger charge is 2.17. The summed E-state index contributed by atoms with van der Waals surface area (Å²) < 4.78 is 13.3. The van der Waals surface area contributed by atoms with Crippen LogP contribution in [0.1, 0.15) is 42.5 Å². The van der Waals surface area contributed by atoms with Gasteiger partial charge < -0.3 is 18.4 Å². The zero-order valence-corrected chi connectivity index (χ0v) is 22.6. The fraction of sp³-hybridized carbons (Fsp3) is 0.233. The number of aryl methyl sites for hydroxylation is 2. The molecule has 0 atom stereocenters. The number of aromatic nitrogens is 5. The number of unbranched alkanes of at least 4 members (excludes halogenated alkanes) is 1. The van der Waals surface area contributed by atoms with Gasteiger partial charge in [-0.25, -0.2) is 4.98 Å². The summed E-state index contributed by atoms with van der Waals surface area (Å²) in [5.74, 6) is 2.69. The lowest BCUT2D eigenvalue weighted by molar-refractivity contribution is 0.399. The van der Waals surface area contributed by atoms with E-state index in [9.17, 15) is 0 Å². The molecule has 0 aliphatic carbocycles. The first-order valence-electron chi connectivity index (χ1n) is 13.0. The molecule has 0 unspecified atom stereocenters. The average Bonchev–Trinajstić information content (AvgIpc) is 3.60. The third kappa shape index (κ3) is 4.45. The van der Waals surface area contributed by atoms with Crippen molar-refractivity contribution in [1.29, 1.82) is 0 Å². The van der Waals surface area contributed by atoms with E-state index < -0.39 is 0 Å². The molecule has 7 nitrogen and oxygen atoms in total. The summed E-state index contributed by atoms with van der Waals surface area (Å²) >= 11 is 1.54. The van der Waals surface area contributed by atoms with Gasteiger partial charge in [0.2, 0.25) is 0 Å². The third-order valence-electron chi connectivity index (χ3n) is 7.05. The van der Waals surface area contributed by atoms with E-state index >= 15 is 0 Å². The van der Waals surface area contributed by atoms with Crippen molar-refractivity contribution in [2.24, 2.45) is 0 Å². The molecular weight excluding hydrogens is 492 g/mol. The van der Waals surface area contributed by atoms with Crippen molar-refractivity contribution >= 4 is 39.7 Å². The van der Waals surface area contributed by atoms with Gasteiger partial charge in [0.25, 0.3) is 0 Å². The van der Waals surface area contributed by atoms with Crippen molar-refractivity contribution in [2.45, 2.75) is 51.5 Å². The number of imidazole rings is 1. The predicted octanol–water partition coefficient (Wildman–Crippen LogP) is 7.49. The molecule has 8 heteroatoms. The van der Waals surface area contributed by atoms with Crippen LogP contribution in [-0.2, 0) is 13.0 Å². The van der Waals surface area contributed by atoms with Crippen LogP contribution in [0.4, 0.5) is 5.82 Å². The zero-order chi connectivity index (χ0) is 26.1. The molecule has 0 bridgehead atoms. The largest absolute Gasteiger partial charge is 0.359 e. The topological polar surface area (TPSA) is 73.7 Å². The van der Waals surface area contributed by atoms with Crippen molar-refractivity contribution in [3.63, 3.8) is 0 Å². The van der Waals surface area contributed by atoms with Crippen molar-refractivity contribution < 1.29 is 4.52 Å². The maximum absolute atomic E-state index is 5.33. The summed E-state index contributed by atoms with van der Waals surface area (Å²) in [7, 11) is 0. The van der Waals surface area contributed by atoms with Crippen LogP contribution >= 0.6 is 11.9 Å². The molecule has 1 N–H and O–H groups in total. The minimum Gasteiger partial charge on any atom is -0.359 e. The standard InChI is InChI=1S/C30H30N6OS/c1-4-5-14-29-32-24-15-16-31-17-27(24)36(29)19-22-18-35(25-11-7-6-10-23(22)25)26-12-8-9-13-28(26)38-34-30-20(2)21(3)37-33-30/h6-13,15-18H,4-5,14,19H2,1-3H3,(H,33,34). The van der Waals surface area contributed by atoms with E-state index in [1.165, 1.54) is 16.5 Å². The molecule has 0 aliphatic heterocycles. The van der Waals surface area contributed by atoms with Gasteiger partial charge >= 0.3 is 0 Å². The van der Waals surface area contributed by atoms with E-state index in [0.29, 0.717) is 0 Å². The molecule has 38 heavy (non-hydrogen) atoms. The summed E-state index contributed by atoms with van der Waals surface area (Å²) in [5, 5.41) is 5.39. The Morgan fingerprint density at radius 1 is 1.00 bits per heavy atom. The molecule has 2 aromatic carbocycles. The number of rotatable bonds is 9. The van der Waals surface area contributed by atoms with Crippen LogP contribution in [-0.4, -0.2) is 24.3 Å². The normalized spacial score (nSPS) is 11.6. The van der Waals surface area contributed by atoms with E-state index in [-0.39, 0.29) is 0 Å². The van der Waals surface area contributed by atoms with E-state index in [0.717, 1.165) is 70.4 Å². The Hall–Kier alpha value is -4.04. The molecular formula is C30H30N6OS. The highest BCUT2D eigenvalue weighted by atomic mass is 32.2. The summed E-state index contributed by atoms with van der Waals surface area (Å²) in [4.78, 5) is 10.5. The third-order valence-corrected chi connectivity index (χ3v) is 7.91. The molecule has 0 spiro atoms. The molecule has 0 fully saturated rings. The Morgan fingerprint density at radius 2 is 1.84 bits per heavy atom. The van der Waals surface area contributed by atoms with Gasteiger partial charge in [-0.15, -0.1) is 0 Å². The summed E-state index contributed by atoms with van der Waals surface area (Å²) in [6, 6.07) is 19.0. The molecule has 4 aromatic heterocycles. The summed E-state index contributed by atoms with van der Waals surface area (Å²) in [6.07, 6.45) is 9.22. The number of hydrogen-bond donors (Lipinski definition) is 1. The number of nitrogens with zero attached hydrogens (tertiary/aromatic N) is 5. The van der Waals surface area contributed by atoms with Crippen LogP contribution in [0, 0.1) is 13.8 Å². The van der Waals surface area contributed by atoms with Gasteiger partial charge in [-0.05, 0) is 62.0 Å². The van der Waals surface area contributed by atoms with Crippen molar-refractivity contribution in [1.82, 2.24) is 24.3 Å². The van der Waals surface area contributed by atoms with Crippen molar-refractivity contribution in [2.75, 3.05) is 4.72 Å². The second-order valence-corrected chi connectivity index (χ2v) is 10.4. The van der Waals surface area contributed by atoms with Gasteiger partial charge in [0, 0.05) is 29.8 Å². The fourth-order valence-electron chi connectivity index (χ4n) is 4.83. The lowest BCUT2D eigenvalue weighted by Crippen LogP contribution is -2.05. The molecule has 0 aliphatic rings. The van der Waals surface area contributed by atoms with Crippen molar-refractivity contribution in [3.05, 3.63) is 95.9 Å². The second-order valence-electron chi connectivity index (χ2n) is 9.51. The number of pyridine rings is 1. The Labute approximate surface area is 226 Å². The van der Waals surface area contributed by atoms with Crippen LogP contribution in [0.5, 0.6) is 0 Å². The second kappa shape index (κ2) is 10.4. The quantitative estimate of drug-likeness (QED) is 0.198. The van der Waals surface area contributed by atoms with Crippen LogP contribution in [0.2, 0.25) is 0 Å². The number of nitrogens with one attached hydrogen (secondary N) is 1. The van der Waals surface area contributed by atoms with Gasteiger partial charge in [0.15, 0.2) is 5.82 Å². The van der Waals surface area contributed by atoms with Gasteiger partial charge in [-0.3, -0.25) is 4.98 Å². The first kappa shape index (κ1) is 24.3. The number of anilines is 1. The number of hydrogen-bond acceptors (Lipinski definition) is 6. The minimum absolute atomic E-state index is 0.736. The van der Waals surface area contributed by atoms with Gasteiger partial charge in [-0.2, -0.15) is 0 Å². The minimum atomic E-state index is 0.736. The average molecular weight is 523 g/mol. The lowest BCUT2D eigenvalue weighted by Gasteiger charge is -2.12. The van der Waals surface area contributed by atoms with Gasteiger partial charge in [-0.1, -0.05) is 48.8 Å². The molecule has 4 heterocycles. The maximum atomic E-state index is 5.33. The smallest absolute Gasteiger partial charge is 0.182 e. The Morgan fingerprint density at radius 3 is 2.68 bits per heavy atom. The summed E-state index contributed by atoms with van der Waals surface area (Å²) in [5.41, 5.74) is 6.62. The fourth-order valence-corrected chi connectivity index (χ4v) is 5.64. The van der Waals surface area contributed by atoms with Crippen LogP contribution in [0.15, 0.2) is 82.6 Å². The zero-order valence-electron chi connectivity index (χ0n) is 21.8. The molecule has 6 aromatic rings. The number of para-hydroxylation sites is 2. The lowest BCUT2D eigenvalue weighted by atomic mass is 10.1. The molecule has 0 saturated heterocycles. The summed E-state index contributed by atoms with van der Waals surface area (Å²) in [6.45, 7) is 6.89. The van der Waals surface area contributed by atoms with Gasteiger partial charge in [0.05, 0.1) is 39.9 Å². The molecule has 0 saturated carbocycles. The van der Waals surface area contributed by atoms with Crippen LogP contribution < -0.4 is 4.72 Å². The maximum Gasteiger partial charge on any atom is 0.182 e. The SMILES string of the molecule is CCCCc1nc2ccncc2n1Cc1cn(-c2ccccc2SNc2noc(C)c2C)c2ccccc12. The van der Waals surface area contributed by atoms with E-state index in [2.05, 4.69) is 85.6 Å². The predicted molar refractivity (Wildman–Crippen MR) is 154 cm³/mol. The number of benzene rings is 2. The van der Waals surface area contributed by atoms with E-state index in [1.807, 2.05) is 32.3 Å². The molecule has 6 rings (SSSR count). The monoisotopic (exact) mass is 522 g/mol. The Bertz CT molecular complexity index is 1730. The van der Waals surface area contributed by atoms with Gasteiger partial charge in [0.1, 0.15) is 11.6 Å². The highest BCUT2D eigenvalue weighted by molar-refractivity contribution is 8.00.